The van der Waals surface area contributed by atoms with E-state index in [0.717, 1.165) is 36.8 Å². The molecule has 1 aliphatic heterocycles. The lowest BCUT2D eigenvalue weighted by Gasteiger charge is -2.36. The van der Waals surface area contributed by atoms with Crippen molar-refractivity contribution < 1.29 is 4.42 Å². The number of aromatic nitrogens is 2. The normalized spacial score (nSPS) is 15.3. The number of halogens is 2. The Kier molecular flexibility index (Phi) is 5.34. The summed E-state index contributed by atoms with van der Waals surface area (Å²) >= 11 is 12.1. The molecular weight excluding hydrogens is 383 g/mol. The molecule has 140 valence electrons. The molecule has 5 nitrogen and oxygen atoms in total. The predicted molar refractivity (Wildman–Crippen MR) is 108 cm³/mol. The summed E-state index contributed by atoms with van der Waals surface area (Å²) in [7, 11) is 0. The van der Waals surface area contributed by atoms with Gasteiger partial charge in [0.25, 0.3) is 0 Å². The zero-order valence-electron chi connectivity index (χ0n) is 15.0. The molecule has 2 aromatic carbocycles. The first-order chi connectivity index (χ1) is 13.1. The van der Waals surface area contributed by atoms with Crippen LogP contribution in [0.3, 0.4) is 0 Å². The Balaban J connectivity index is 1.37. The molecule has 3 aromatic rings. The van der Waals surface area contributed by atoms with E-state index >= 15 is 0 Å². The number of rotatable bonds is 4. The number of hydrogen-bond donors (Lipinski definition) is 0. The number of hydrogen-bond acceptors (Lipinski definition) is 5. The van der Waals surface area contributed by atoms with Crippen molar-refractivity contribution in [1.29, 1.82) is 0 Å². The average Bonchev–Trinajstić information content (AvgIpc) is 3.13. The summed E-state index contributed by atoms with van der Waals surface area (Å²) in [5, 5.41) is 9.81. The molecule has 1 aromatic heterocycles. The minimum absolute atomic E-state index is 0.523. The first-order valence-electron chi connectivity index (χ1n) is 8.90. The fourth-order valence-corrected chi connectivity index (χ4v) is 3.58. The van der Waals surface area contributed by atoms with Crippen LogP contribution in [0, 0.1) is 6.92 Å². The fourth-order valence-electron chi connectivity index (χ4n) is 3.29. The van der Waals surface area contributed by atoms with Gasteiger partial charge in [-0.05, 0) is 48.9 Å². The molecule has 0 saturated carbocycles. The van der Waals surface area contributed by atoms with Gasteiger partial charge in [-0.15, -0.1) is 10.2 Å². The third-order valence-electron chi connectivity index (χ3n) is 4.80. The van der Waals surface area contributed by atoms with Crippen LogP contribution in [-0.2, 0) is 6.54 Å². The molecular formula is C20H20Cl2N4O. The molecule has 1 saturated heterocycles. The molecule has 7 heteroatoms. The van der Waals surface area contributed by atoms with Gasteiger partial charge in [-0.25, -0.2) is 0 Å². The highest BCUT2D eigenvalue weighted by Gasteiger charge is 2.20. The monoisotopic (exact) mass is 402 g/mol. The van der Waals surface area contributed by atoms with Crippen molar-refractivity contribution in [2.75, 3.05) is 31.1 Å². The predicted octanol–water partition coefficient (Wildman–Crippen LogP) is 4.67. The number of anilines is 1. The maximum absolute atomic E-state index is 6.16. The minimum Gasteiger partial charge on any atom is -0.419 e. The maximum Gasteiger partial charge on any atom is 0.247 e. The first kappa shape index (κ1) is 18.3. The van der Waals surface area contributed by atoms with Crippen LogP contribution in [0.4, 0.5) is 5.69 Å². The van der Waals surface area contributed by atoms with Gasteiger partial charge in [0.2, 0.25) is 11.8 Å². The van der Waals surface area contributed by atoms with E-state index in [0.29, 0.717) is 23.3 Å². The van der Waals surface area contributed by atoms with Crippen molar-refractivity contribution in [2.45, 2.75) is 13.5 Å². The summed E-state index contributed by atoms with van der Waals surface area (Å²) in [6.07, 6.45) is 0. The Morgan fingerprint density at radius 2 is 1.63 bits per heavy atom. The van der Waals surface area contributed by atoms with Crippen molar-refractivity contribution in [3.05, 3.63) is 64.0 Å². The van der Waals surface area contributed by atoms with Crippen LogP contribution in [-0.4, -0.2) is 41.3 Å². The van der Waals surface area contributed by atoms with Crippen LogP contribution >= 0.6 is 23.2 Å². The SMILES string of the molecule is Cc1ccc(Cl)cc1N1CCN(Cc2nnc(-c3ccc(Cl)cc3)o2)CC1. The van der Waals surface area contributed by atoms with Crippen molar-refractivity contribution in [1.82, 2.24) is 15.1 Å². The molecule has 27 heavy (non-hydrogen) atoms. The molecule has 0 aliphatic carbocycles. The summed E-state index contributed by atoms with van der Waals surface area (Å²) in [4.78, 5) is 4.71. The molecule has 1 aliphatic rings. The van der Waals surface area contributed by atoms with Crippen LogP contribution in [0.1, 0.15) is 11.5 Å². The number of benzene rings is 2. The van der Waals surface area contributed by atoms with Gasteiger partial charge in [0.1, 0.15) is 0 Å². The van der Waals surface area contributed by atoms with Crippen molar-refractivity contribution in [3.63, 3.8) is 0 Å². The Morgan fingerprint density at radius 3 is 2.37 bits per heavy atom. The van der Waals surface area contributed by atoms with E-state index in [1.54, 1.807) is 0 Å². The topological polar surface area (TPSA) is 45.4 Å². The van der Waals surface area contributed by atoms with Gasteiger partial charge in [-0.1, -0.05) is 29.3 Å². The number of aryl methyl sites for hydroxylation is 1. The van der Waals surface area contributed by atoms with Gasteiger partial charge >= 0.3 is 0 Å². The number of nitrogens with zero attached hydrogens (tertiary/aromatic N) is 4. The second kappa shape index (κ2) is 7.89. The second-order valence-corrected chi connectivity index (χ2v) is 7.57. The molecule has 4 rings (SSSR count). The molecule has 1 fully saturated rings. The summed E-state index contributed by atoms with van der Waals surface area (Å²) in [5.74, 6) is 1.15. The molecule has 0 atom stereocenters. The lowest BCUT2D eigenvalue weighted by molar-refractivity contribution is 0.227. The van der Waals surface area contributed by atoms with Gasteiger partial charge in [-0.2, -0.15) is 0 Å². The summed E-state index contributed by atoms with van der Waals surface area (Å²) in [6, 6.07) is 13.4. The van der Waals surface area contributed by atoms with Crippen molar-refractivity contribution in [2.24, 2.45) is 0 Å². The summed E-state index contributed by atoms with van der Waals surface area (Å²) in [6.45, 7) is 6.53. The van der Waals surface area contributed by atoms with E-state index in [1.807, 2.05) is 36.4 Å². The standard InChI is InChI=1S/C20H20Cl2N4O/c1-14-2-5-17(22)12-18(14)26-10-8-25(9-11-26)13-19-23-24-20(27-19)15-3-6-16(21)7-4-15/h2-7,12H,8-11,13H2,1H3. The highest BCUT2D eigenvalue weighted by atomic mass is 35.5. The Morgan fingerprint density at radius 1 is 0.926 bits per heavy atom. The smallest absolute Gasteiger partial charge is 0.247 e. The van der Waals surface area contributed by atoms with Gasteiger partial charge < -0.3 is 9.32 Å². The van der Waals surface area contributed by atoms with Crippen LogP contribution in [0.2, 0.25) is 10.0 Å². The van der Waals surface area contributed by atoms with Gasteiger partial charge in [-0.3, -0.25) is 4.90 Å². The molecule has 2 heterocycles. The fraction of sp³-hybridized carbons (Fsp3) is 0.300. The maximum atomic E-state index is 6.16. The molecule has 0 amide bonds. The van der Waals surface area contributed by atoms with E-state index in [-0.39, 0.29) is 0 Å². The van der Waals surface area contributed by atoms with Crippen LogP contribution in [0.25, 0.3) is 11.5 Å². The lowest BCUT2D eigenvalue weighted by atomic mass is 10.1. The first-order valence-corrected chi connectivity index (χ1v) is 9.66. The third kappa shape index (κ3) is 4.26. The lowest BCUT2D eigenvalue weighted by Crippen LogP contribution is -2.46. The van der Waals surface area contributed by atoms with Crippen LogP contribution < -0.4 is 4.90 Å². The Labute approximate surface area is 168 Å². The molecule has 0 spiro atoms. The van der Waals surface area contributed by atoms with Crippen LogP contribution in [0.15, 0.2) is 46.9 Å². The Hall–Kier alpha value is -2.08. The molecule has 0 bridgehead atoms. The van der Waals surface area contributed by atoms with Crippen molar-refractivity contribution in [3.8, 4) is 11.5 Å². The van der Waals surface area contributed by atoms with E-state index in [1.165, 1.54) is 11.3 Å². The van der Waals surface area contributed by atoms with E-state index in [4.69, 9.17) is 27.6 Å². The highest BCUT2D eigenvalue weighted by molar-refractivity contribution is 6.31. The average molecular weight is 403 g/mol. The molecule has 0 N–H and O–H groups in total. The zero-order chi connectivity index (χ0) is 18.8. The van der Waals surface area contributed by atoms with E-state index in [9.17, 15) is 0 Å². The minimum atomic E-state index is 0.523. The molecule has 0 radical (unpaired) electrons. The van der Waals surface area contributed by atoms with Crippen LogP contribution in [0.5, 0.6) is 0 Å². The summed E-state index contributed by atoms with van der Waals surface area (Å²) < 4.78 is 5.82. The third-order valence-corrected chi connectivity index (χ3v) is 5.29. The summed E-state index contributed by atoms with van der Waals surface area (Å²) in [5.41, 5.74) is 3.33. The highest BCUT2D eigenvalue weighted by Crippen LogP contribution is 2.26. The van der Waals surface area contributed by atoms with Gasteiger partial charge in [0.05, 0.1) is 6.54 Å². The zero-order valence-corrected chi connectivity index (χ0v) is 16.5. The molecule has 0 unspecified atom stereocenters. The van der Waals surface area contributed by atoms with Gasteiger partial charge in [0, 0.05) is 47.5 Å². The second-order valence-electron chi connectivity index (χ2n) is 6.70. The van der Waals surface area contributed by atoms with Crippen molar-refractivity contribution >= 4 is 28.9 Å². The number of piperazine rings is 1. The van der Waals surface area contributed by atoms with E-state index in [2.05, 4.69) is 33.0 Å². The largest absolute Gasteiger partial charge is 0.419 e. The quantitative estimate of drug-likeness (QED) is 0.633. The van der Waals surface area contributed by atoms with E-state index < -0.39 is 0 Å². The van der Waals surface area contributed by atoms with Gasteiger partial charge in [0.15, 0.2) is 0 Å². The Bertz CT molecular complexity index is 918.